The molecule has 1 aliphatic heterocycles. The standard InChI is InChI=1S/C21H25FN4O3S/c1-13(2)26-11-15(12-26)30(28,29)25-21(27)24-19-6-5-18(22)20-16(3-4-17(19)20)14-7-9-23-10-8-14/h5-10,13,15-16H,3-4,11-12H2,1-2H3,(H2,24,25,27). The lowest BCUT2D eigenvalue weighted by Gasteiger charge is -2.41. The molecular weight excluding hydrogens is 407 g/mol. The van der Waals surface area contributed by atoms with Crippen LogP contribution in [0.15, 0.2) is 36.7 Å². The Hall–Kier alpha value is -2.52. The molecular formula is C21H25FN4O3S. The van der Waals surface area contributed by atoms with E-state index in [0.717, 1.165) is 5.56 Å². The molecule has 0 spiro atoms. The van der Waals surface area contributed by atoms with E-state index in [1.54, 1.807) is 12.4 Å². The van der Waals surface area contributed by atoms with Crippen molar-refractivity contribution in [3.8, 4) is 0 Å². The first kappa shape index (κ1) is 20.7. The number of fused-ring (bicyclic) bond motifs is 1. The summed E-state index contributed by atoms with van der Waals surface area (Å²) < 4.78 is 41.6. The van der Waals surface area contributed by atoms with Gasteiger partial charge in [0.25, 0.3) is 0 Å². The Bertz CT molecular complexity index is 1050. The molecule has 2 N–H and O–H groups in total. The van der Waals surface area contributed by atoms with Gasteiger partial charge in [0.2, 0.25) is 10.0 Å². The monoisotopic (exact) mass is 432 g/mol. The molecule has 1 fully saturated rings. The van der Waals surface area contributed by atoms with Crippen molar-refractivity contribution in [1.29, 1.82) is 0 Å². The van der Waals surface area contributed by atoms with Crippen molar-refractivity contribution in [3.63, 3.8) is 0 Å². The first-order chi connectivity index (χ1) is 14.3. The normalized spacial score (nSPS) is 19.4. The molecule has 1 saturated heterocycles. The molecule has 1 atom stereocenters. The third kappa shape index (κ3) is 3.91. The van der Waals surface area contributed by atoms with Gasteiger partial charge < -0.3 is 5.32 Å². The molecule has 4 rings (SSSR count). The predicted octanol–water partition coefficient (Wildman–Crippen LogP) is 2.84. The number of nitrogens with zero attached hydrogens (tertiary/aromatic N) is 2. The molecule has 1 aliphatic carbocycles. The quantitative estimate of drug-likeness (QED) is 0.758. The topological polar surface area (TPSA) is 91.4 Å². The van der Waals surface area contributed by atoms with Gasteiger partial charge in [-0.25, -0.2) is 22.3 Å². The van der Waals surface area contributed by atoms with E-state index in [1.165, 1.54) is 12.1 Å². The van der Waals surface area contributed by atoms with Gasteiger partial charge in [-0.2, -0.15) is 0 Å². The summed E-state index contributed by atoms with van der Waals surface area (Å²) >= 11 is 0. The summed E-state index contributed by atoms with van der Waals surface area (Å²) in [7, 11) is -3.77. The number of hydrogen-bond donors (Lipinski definition) is 2. The van der Waals surface area contributed by atoms with Crippen LogP contribution in [0.2, 0.25) is 0 Å². The van der Waals surface area contributed by atoms with E-state index < -0.39 is 21.3 Å². The molecule has 2 heterocycles. The van der Waals surface area contributed by atoms with Crippen LogP contribution in [-0.4, -0.2) is 48.7 Å². The summed E-state index contributed by atoms with van der Waals surface area (Å²) in [4.78, 5) is 18.4. The van der Waals surface area contributed by atoms with Gasteiger partial charge in [-0.05, 0) is 62.1 Å². The van der Waals surface area contributed by atoms with Gasteiger partial charge in [-0.3, -0.25) is 9.88 Å². The highest BCUT2D eigenvalue weighted by atomic mass is 32.2. The van der Waals surface area contributed by atoms with Crippen molar-refractivity contribution in [1.82, 2.24) is 14.6 Å². The number of carbonyl (C=O) groups excluding carboxylic acids is 1. The molecule has 0 saturated carbocycles. The lowest BCUT2D eigenvalue weighted by Crippen LogP contribution is -2.60. The second kappa shape index (κ2) is 7.96. The summed E-state index contributed by atoms with van der Waals surface area (Å²) in [6.45, 7) is 4.80. The molecule has 9 heteroatoms. The van der Waals surface area contributed by atoms with Crippen LogP contribution in [0.25, 0.3) is 0 Å². The number of amides is 2. The fraction of sp³-hybridized carbons (Fsp3) is 0.429. The van der Waals surface area contributed by atoms with Crippen molar-refractivity contribution in [2.24, 2.45) is 0 Å². The van der Waals surface area contributed by atoms with Crippen LogP contribution in [-0.2, 0) is 16.4 Å². The van der Waals surface area contributed by atoms with Gasteiger partial charge in [0, 0.05) is 48.7 Å². The van der Waals surface area contributed by atoms with E-state index in [1.807, 2.05) is 30.9 Å². The fourth-order valence-corrected chi connectivity index (χ4v) is 5.46. The Morgan fingerprint density at radius 1 is 1.20 bits per heavy atom. The highest BCUT2D eigenvalue weighted by Gasteiger charge is 2.39. The van der Waals surface area contributed by atoms with Crippen LogP contribution in [0.1, 0.15) is 42.9 Å². The van der Waals surface area contributed by atoms with Crippen LogP contribution >= 0.6 is 0 Å². The Morgan fingerprint density at radius 3 is 2.57 bits per heavy atom. The molecule has 0 radical (unpaired) electrons. The molecule has 1 unspecified atom stereocenters. The minimum absolute atomic E-state index is 0.117. The maximum atomic E-state index is 14.6. The minimum Gasteiger partial charge on any atom is -0.307 e. The molecule has 1 aromatic heterocycles. The molecule has 30 heavy (non-hydrogen) atoms. The number of anilines is 1. The Morgan fingerprint density at radius 2 is 1.90 bits per heavy atom. The number of sulfonamides is 1. The van der Waals surface area contributed by atoms with Gasteiger partial charge in [0.1, 0.15) is 11.1 Å². The lowest BCUT2D eigenvalue weighted by atomic mass is 9.93. The molecule has 2 aromatic rings. The number of carbonyl (C=O) groups is 1. The number of nitrogens with one attached hydrogen (secondary N) is 2. The zero-order valence-electron chi connectivity index (χ0n) is 16.9. The van der Waals surface area contributed by atoms with E-state index in [2.05, 4.69) is 15.0 Å². The number of hydrogen-bond acceptors (Lipinski definition) is 5. The second-order valence-electron chi connectivity index (χ2n) is 8.13. The molecule has 2 aliphatic rings. The number of aromatic nitrogens is 1. The number of likely N-dealkylation sites (tertiary alicyclic amines) is 1. The van der Waals surface area contributed by atoms with Crippen molar-refractivity contribution in [2.45, 2.75) is 43.9 Å². The van der Waals surface area contributed by atoms with E-state index in [-0.39, 0.29) is 17.8 Å². The zero-order chi connectivity index (χ0) is 21.5. The number of halogens is 1. The van der Waals surface area contributed by atoms with Crippen molar-refractivity contribution < 1.29 is 17.6 Å². The van der Waals surface area contributed by atoms with Crippen molar-refractivity contribution in [2.75, 3.05) is 18.4 Å². The Kier molecular flexibility index (Phi) is 5.50. The van der Waals surface area contributed by atoms with Crippen LogP contribution in [0.3, 0.4) is 0 Å². The first-order valence-electron chi connectivity index (χ1n) is 10.0. The number of rotatable bonds is 5. The SMILES string of the molecule is CC(C)N1CC(S(=O)(=O)NC(=O)Nc2ccc(F)c3c2CCC3c2ccncc2)C1. The fourth-order valence-electron chi connectivity index (χ4n) is 4.21. The Labute approximate surface area is 175 Å². The van der Waals surface area contributed by atoms with Gasteiger partial charge in [-0.15, -0.1) is 0 Å². The second-order valence-corrected chi connectivity index (χ2v) is 10.1. The van der Waals surface area contributed by atoms with Crippen molar-refractivity contribution in [3.05, 3.63) is 59.2 Å². The Balaban J connectivity index is 1.48. The molecule has 160 valence electrons. The zero-order valence-corrected chi connectivity index (χ0v) is 17.7. The molecule has 1 aromatic carbocycles. The maximum Gasteiger partial charge on any atom is 0.332 e. The highest BCUT2D eigenvalue weighted by Crippen LogP contribution is 2.42. The van der Waals surface area contributed by atoms with Crippen LogP contribution in [0.5, 0.6) is 0 Å². The largest absolute Gasteiger partial charge is 0.332 e. The third-order valence-electron chi connectivity index (χ3n) is 5.97. The van der Waals surface area contributed by atoms with Gasteiger partial charge >= 0.3 is 6.03 Å². The smallest absolute Gasteiger partial charge is 0.307 e. The summed E-state index contributed by atoms with van der Waals surface area (Å²) in [5.41, 5.74) is 2.66. The van der Waals surface area contributed by atoms with Crippen LogP contribution in [0, 0.1) is 5.82 Å². The summed E-state index contributed by atoms with van der Waals surface area (Å²) in [5, 5.41) is 2.00. The van der Waals surface area contributed by atoms with E-state index in [9.17, 15) is 17.6 Å². The summed E-state index contributed by atoms with van der Waals surface area (Å²) in [5.74, 6) is -0.445. The van der Waals surface area contributed by atoms with Crippen LogP contribution < -0.4 is 10.0 Å². The first-order valence-corrected chi connectivity index (χ1v) is 11.6. The van der Waals surface area contributed by atoms with E-state index in [4.69, 9.17) is 0 Å². The van der Waals surface area contributed by atoms with E-state index >= 15 is 0 Å². The van der Waals surface area contributed by atoms with Crippen LogP contribution in [0.4, 0.5) is 14.9 Å². The minimum atomic E-state index is -3.77. The summed E-state index contributed by atoms with van der Waals surface area (Å²) in [6, 6.07) is 5.96. The average Bonchev–Trinajstić information content (AvgIpc) is 3.08. The molecule has 7 nitrogen and oxygen atoms in total. The highest BCUT2D eigenvalue weighted by molar-refractivity contribution is 7.90. The number of pyridine rings is 1. The van der Waals surface area contributed by atoms with E-state index in [0.29, 0.717) is 42.7 Å². The maximum absolute atomic E-state index is 14.6. The van der Waals surface area contributed by atoms with Gasteiger partial charge in [0.05, 0.1) is 0 Å². The predicted molar refractivity (Wildman–Crippen MR) is 112 cm³/mol. The lowest BCUT2D eigenvalue weighted by molar-refractivity contribution is 0.141. The third-order valence-corrected chi connectivity index (χ3v) is 7.62. The van der Waals surface area contributed by atoms with Gasteiger partial charge in [-0.1, -0.05) is 0 Å². The van der Waals surface area contributed by atoms with Gasteiger partial charge in [0.15, 0.2) is 0 Å². The van der Waals surface area contributed by atoms with Crippen molar-refractivity contribution >= 4 is 21.7 Å². The molecule has 0 bridgehead atoms. The molecule has 2 amide bonds. The number of urea groups is 1. The number of benzene rings is 1. The summed E-state index contributed by atoms with van der Waals surface area (Å²) in [6.07, 6.45) is 4.65. The average molecular weight is 433 g/mol.